The molecular formula is C19H15F3N2O6. The van der Waals surface area contributed by atoms with Crippen LogP contribution in [0, 0.1) is 10.1 Å². The van der Waals surface area contributed by atoms with E-state index < -0.39 is 34.9 Å². The lowest BCUT2D eigenvalue weighted by Crippen LogP contribution is -2.41. The minimum Gasteiger partial charge on any atom is -0.493 e. The largest absolute Gasteiger partial charge is 0.493 e. The fourth-order valence-corrected chi connectivity index (χ4v) is 3.62. The number of fused-ring (bicyclic) bond motifs is 4. The fourth-order valence-electron chi connectivity index (χ4n) is 3.62. The van der Waals surface area contributed by atoms with Gasteiger partial charge in [-0.1, -0.05) is 12.1 Å². The number of amidine groups is 1. The van der Waals surface area contributed by atoms with Crippen molar-refractivity contribution >= 4 is 5.84 Å². The second-order valence-electron chi connectivity index (χ2n) is 6.60. The van der Waals surface area contributed by atoms with Crippen LogP contribution in [-0.2, 0) is 22.2 Å². The van der Waals surface area contributed by atoms with Gasteiger partial charge in [0.15, 0.2) is 22.8 Å². The highest BCUT2D eigenvalue weighted by Crippen LogP contribution is 2.48. The molecule has 0 unspecified atom stereocenters. The zero-order valence-corrected chi connectivity index (χ0v) is 15.7. The van der Waals surface area contributed by atoms with Gasteiger partial charge in [0.2, 0.25) is 0 Å². The predicted octanol–water partition coefficient (Wildman–Crippen LogP) is 3.95. The minimum absolute atomic E-state index is 0.0585. The fraction of sp³-hybridized carbons (Fsp3) is 0.316. The second-order valence-corrected chi connectivity index (χ2v) is 6.60. The van der Waals surface area contributed by atoms with Gasteiger partial charge in [-0.15, -0.1) is 0 Å². The second kappa shape index (κ2) is 7.17. The Kier molecular flexibility index (Phi) is 4.77. The Balaban J connectivity index is 1.88. The van der Waals surface area contributed by atoms with Crippen molar-refractivity contribution in [3.8, 4) is 22.6 Å². The third kappa shape index (κ3) is 3.20. The number of nitrogens with zero attached hydrogens (tertiary/aromatic N) is 2. The summed E-state index contributed by atoms with van der Waals surface area (Å²) in [5, 5.41) is 14.8. The van der Waals surface area contributed by atoms with Crippen molar-refractivity contribution < 1.29 is 37.1 Å². The molecule has 2 aromatic carbocycles. The monoisotopic (exact) mass is 424 g/mol. The van der Waals surface area contributed by atoms with Crippen LogP contribution in [0.15, 0.2) is 35.5 Å². The summed E-state index contributed by atoms with van der Waals surface area (Å²) in [6.45, 7) is 0. The summed E-state index contributed by atoms with van der Waals surface area (Å²) >= 11 is 0. The van der Waals surface area contributed by atoms with Crippen LogP contribution in [0.3, 0.4) is 0 Å². The molecular weight excluding hydrogens is 409 g/mol. The van der Waals surface area contributed by atoms with E-state index in [0.29, 0.717) is 33.8 Å². The molecule has 2 aromatic rings. The lowest BCUT2D eigenvalue weighted by molar-refractivity contribution is -0.375. The molecule has 0 N–H and O–H groups in total. The van der Waals surface area contributed by atoms with Crippen molar-refractivity contribution in [3.63, 3.8) is 0 Å². The van der Waals surface area contributed by atoms with Crippen LogP contribution in [0.2, 0.25) is 0 Å². The lowest BCUT2D eigenvalue weighted by Gasteiger charge is -2.32. The third-order valence-corrected chi connectivity index (χ3v) is 4.97. The molecule has 2 bridgehead atoms. The Labute approximate surface area is 167 Å². The number of halogens is 3. The van der Waals surface area contributed by atoms with Crippen molar-refractivity contribution in [1.29, 1.82) is 0 Å². The summed E-state index contributed by atoms with van der Waals surface area (Å²) in [6.07, 6.45) is -6.46. The number of alkyl halides is 3. The van der Waals surface area contributed by atoms with Crippen molar-refractivity contribution in [1.82, 2.24) is 0 Å². The summed E-state index contributed by atoms with van der Waals surface area (Å²) in [5.74, 6) is 0.193. The van der Waals surface area contributed by atoms with E-state index in [4.69, 9.17) is 19.0 Å². The minimum atomic E-state index is -4.47. The maximum Gasteiger partial charge on any atom is 0.416 e. The Hall–Kier alpha value is -3.34. The average Bonchev–Trinajstić information content (AvgIpc) is 2.71. The van der Waals surface area contributed by atoms with E-state index in [-0.39, 0.29) is 6.42 Å². The number of methoxy groups -OCH3 is 2. The van der Waals surface area contributed by atoms with E-state index in [1.807, 2.05) is 0 Å². The van der Waals surface area contributed by atoms with E-state index in [0.717, 1.165) is 12.1 Å². The summed E-state index contributed by atoms with van der Waals surface area (Å²) in [7, 11) is 2.84. The van der Waals surface area contributed by atoms with Gasteiger partial charge < -0.3 is 24.3 Å². The van der Waals surface area contributed by atoms with Crippen LogP contribution in [0.25, 0.3) is 11.1 Å². The van der Waals surface area contributed by atoms with Gasteiger partial charge in [-0.3, -0.25) is 4.84 Å². The Bertz CT molecular complexity index is 1040. The summed E-state index contributed by atoms with van der Waals surface area (Å²) in [4.78, 5) is 15.7. The molecule has 0 saturated carbocycles. The average molecular weight is 424 g/mol. The third-order valence-electron chi connectivity index (χ3n) is 4.97. The van der Waals surface area contributed by atoms with Gasteiger partial charge in [0.05, 0.1) is 19.8 Å². The molecule has 0 aliphatic carbocycles. The molecule has 8 nitrogen and oxygen atoms in total. The maximum atomic E-state index is 12.9. The van der Waals surface area contributed by atoms with Gasteiger partial charge in [-0.25, -0.2) is 0 Å². The number of nitro groups is 1. The van der Waals surface area contributed by atoms with Gasteiger partial charge in [-0.2, -0.15) is 13.2 Å². The first-order chi connectivity index (χ1) is 14.2. The number of oxime groups is 1. The molecule has 0 saturated heterocycles. The van der Waals surface area contributed by atoms with Gasteiger partial charge in [0.25, 0.3) is 6.29 Å². The molecule has 2 heterocycles. The van der Waals surface area contributed by atoms with Crippen molar-refractivity contribution in [3.05, 3.63) is 57.1 Å². The zero-order valence-electron chi connectivity index (χ0n) is 15.7. The molecule has 0 spiro atoms. The first-order valence-electron chi connectivity index (χ1n) is 8.73. The molecule has 158 valence electrons. The normalized spacial score (nSPS) is 20.0. The summed E-state index contributed by atoms with van der Waals surface area (Å²) in [5.41, 5.74) is 1.16. The number of benzene rings is 2. The van der Waals surface area contributed by atoms with E-state index in [9.17, 15) is 23.3 Å². The molecule has 0 aromatic heterocycles. The van der Waals surface area contributed by atoms with Crippen molar-refractivity contribution in [2.24, 2.45) is 5.16 Å². The Morgan fingerprint density at radius 1 is 1.20 bits per heavy atom. The van der Waals surface area contributed by atoms with Gasteiger partial charge in [0, 0.05) is 17.5 Å². The van der Waals surface area contributed by atoms with Gasteiger partial charge in [0.1, 0.15) is 0 Å². The Morgan fingerprint density at radius 3 is 2.47 bits per heavy atom. The topological polar surface area (TPSA) is 92.4 Å². The van der Waals surface area contributed by atoms with E-state index in [2.05, 4.69) is 5.16 Å². The maximum absolute atomic E-state index is 12.9. The molecule has 0 fully saturated rings. The number of ether oxygens (including phenoxy) is 3. The first-order valence-corrected chi connectivity index (χ1v) is 8.73. The van der Waals surface area contributed by atoms with Crippen LogP contribution in [-0.4, -0.2) is 31.1 Å². The highest BCUT2D eigenvalue weighted by molar-refractivity contribution is 5.82. The van der Waals surface area contributed by atoms with Crippen LogP contribution in [0.4, 0.5) is 13.2 Å². The molecule has 0 radical (unpaired) electrons. The smallest absolute Gasteiger partial charge is 0.416 e. The van der Waals surface area contributed by atoms with Crippen molar-refractivity contribution in [2.75, 3.05) is 14.2 Å². The first kappa shape index (κ1) is 20.0. The standard InChI is InChI=1S/C19H15F3N2O6/c1-27-13-7-11(9-3-5-10(6-4-9)19(20,21)22)15-12(16(13)28-2)8-14-17(24(25)26)23-30-18(15)29-14/h3-7,14,18H,8H2,1-2H3/t14-,18-/m1/s1. The molecule has 11 heteroatoms. The molecule has 30 heavy (non-hydrogen) atoms. The van der Waals surface area contributed by atoms with Crippen LogP contribution in [0.1, 0.15) is 23.0 Å². The van der Waals surface area contributed by atoms with E-state index in [1.165, 1.54) is 26.4 Å². The van der Waals surface area contributed by atoms with Crippen molar-refractivity contribution in [2.45, 2.75) is 25.0 Å². The molecule has 2 atom stereocenters. The SMILES string of the molecule is COc1cc(-c2ccc(C(F)(F)F)cc2)c2c(c1OC)C[C@H]1O[C@@H]2ON=C1[N+](=O)[O-]. The zero-order chi connectivity index (χ0) is 21.6. The van der Waals surface area contributed by atoms with Gasteiger partial charge in [-0.05, 0) is 34.2 Å². The highest BCUT2D eigenvalue weighted by Gasteiger charge is 2.46. The van der Waals surface area contributed by atoms with Gasteiger partial charge >= 0.3 is 12.0 Å². The molecule has 4 rings (SSSR count). The van der Waals surface area contributed by atoms with Crippen LogP contribution >= 0.6 is 0 Å². The van der Waals surface area contributed by atoms with E-state index >= 15 is 0 Å². The van der Waals surface area contributed by atoms with E-state index in [1.54, 1.807) is 6.07 Å². The number of hydrogen-bond donors (Lipinski definition) is 0. The predicted molar refractivity (Wildman–Crippen MR) is 96.8 cm³/mol. The summed E-state index contributed by atoms with van der Waals surface area (Å²) < 4.78 is 55.3. The molecule has 2 aliphatic rings. The Morgan fingerprint density at radius 2 is 1.90 bits per heavy atom. The number of rotatable bonds is 3. The number of hydrogen-bond acceptors (Lipinski definition) is 7. The highest BCUT2D eigenvalue weighted by atomic mass is 19.4. The quantitative estimate of drug-likeness (QED) is 0.547. The molecule has 0 amide bonds. The summed E-state index contributed by atoms with van der Waals surface area (Å²) in [6, 6.07) is 6.18. The molecule has 2 aliphatic heterocycles. The van der Waals surface area contributed by atoms with Crippen LogP contribution in [0.5, 0.6) is 11.5 Å². The van der Waals surface area contributed by atoms with Crippen LogP contribution < -0.4 is 9.47 Å². The lowest BCUT2D eigenvalue weighted by atomic mass is 9.88.